The zero-order valence-electron chi connectivity index (χ0n) is 18.5. The minimum Gasteiger partial charge on any atom is -0.383 e. The Balaban J connectivity index is 1.24. The van der Waals surface area contributed by atoms with Gasteiger partial charge in [0.1, 0.15) is 10.8 Å². The summed E-state index contributed by atoms with van der Waals surface area (Å²) in [5.74, 6) is 0.971. The lowest BCUT2D eigenvalue weighted by molar-refractivity contribution is 0.705. The highest BCUT2D eigenvalue weighted by Crippen LogP contribution is 2.38. The summed E-state index contributed by atoms with van der Waals surface area (Å²) in [7, 11) is 0. The molecule has 4 heterocycles. The van der Waals surface area contributed by atoms with Crippen LogP contribution in [0.25, 0.3) is 32.9 Å². The maximum absolute atomic E-state index is 6.33. The van der Waals surface area contributed by atoms with E-state index in [4.69, 9.17) is 5.73 Å². The van der Waals surface area contributed by atoms with Crippen molar-refractivity contribution in [3.05, 3.63) is 72.0 Å². The van der Waals surface area contributed by atoms with E-state index < -0.39 is 0 Å². The first-order valence-electron chi connectivity index (χ1n) is 11.4. The van der Waals surface area contributed by atoms with Crippen LogP contribution in [0.3, 0.4) is 0 Å². The van der Waals surface area contributed by atoms with E-state index in [1.165, 1.54) is 25.7 Å². The van der Waals surface area contributed by atoms with Crippen LogP contribution in [0.15, 0.2) is 67.0 Å². The van der Waals surface area contributed by atoms with E-state index in [9.17, 15) is 0 Å². The van der Waals surface area contributed by atoms with Crippen molar-refractivity contribution in [2.24, 2.45) is 0 Å². The van der Waals surface area contributed by atoms with E-state index in [0.29, 0.717) is 11.7 Å². The van der Waals surface area contributed by atoms with Crippen LogP contribution in [0.5, 0.6) is 0 Å². The van der Waals surface area contributed by atoms with Crippen LogP contribution in [0, 0.1) is 0 Å². The van der Waals surface area contributed by atoms with Gasteiger partial charge in [-0.3, -0.25) is 9.97 Å². The molecule has 1 saturated carbocycles. The van der Waals surface area contributed by atoms with Gasteiger partial charge in [0.05, 0.1) is 46.1 Å². The molecule has 6 rings (SSSR count). The normalized spacial score (nSPS) is 14.0. The maximum atomic E-state index is 6.33. The van der Waals surface area contributed by atoms with Gasteiger partial charge in [0.2, 0.25) is 0 Å². The second kappa shape index (κ2) is 8.79. The van der Waals surface area contributed by atoms with Crippen LogP contribution >= 0.6 is 11.3 Å². The van der Waals surface area contributed by atoms with E-state index in [2.05, 4.69) is 30.5 Å². The molecule has 1 aromatic carbocycles. The number of hydrogen-bond donors (Lipinski definition) is 2. The first kappa shape index (κ1) is 20.7. The largest absolute Gasteiger partial charge is 0.383 e. The molecule has 5 aromatic rings. The molecule has 1 aliphatic rings. The average molecular weight is 466 g/mol. The van der Waals surface area contributed by atoms with Gasteiger partial charge in [-0.1, -0.05) is 54.5 Å². The number of pyridine rings is 3. The Morgan fingerprint density at radius 3 is 2.47 bits per heavy atom. The minimum atomic E-state index is 0.439. The summed E-state index contributed by atoms with van der Waals surface area (Å²) in [6, 6.07) is 18.0. The maximum Gasteiger partial charge on any atom is 0.151 e. The van der Waals surface area contributed by atoms with Crippen molar-refractivity contribution >= 4 is 39.6 Å². The molecular formula is C26H23N7S. The highest BCUT2D eigenvalue weighted by atomic mass is 32.1. The van der Waals surface area contributed by atoms with Crippen molar-refractivity contribution in [3.8, 4) is 21.8 Å². The predicted molar refractivity (Wildman–Crippen MR) is 137 cm³/mol. The number of hydrogen-bond acceptors (Lipinski definition) is 8. The number of anilines is 3. The Hall–Kier alpha value is -3.91. The van der Waals surface area contributed by atoms with E-state index in [0.717, 1.165) is 49.2 Å². The molecule has 1 aliphatic carbocycles. The van der Waals surface area contributed by atoms with Crippen molar-refractivity contribution in [1.29, 1.82) is 0 Å². The monoisotopic (exact) mass is 465 g/mol. The molecule has 0 radical (unpaired) electrons. The molecule has 3 N–H and O–H groups in total. The summed E-state index contributed by atoms with van der Waals surface area (Å²) < 4.78 is 0. The lowest BCUT2D eigenvalue weighted by atomic mass is 10.1. The fourth-order valence-electron chi connectivity index (χ4n) is 4.40. The number of rotatable bonds is 5. The van der Waals surface area contributed by atoms with E-state index in [1.54, 1.807) is 17.5 Å². The Bertz CT molecular complexity index is 1440. The van der Waals surface area contributed by atoms with Gasteiger partial charge in [0.25, 0.3) is 0 Å². The van der Waals surface area contributed by atoms with Crippen LogP contribution in [-0.2, 0) is 0 Å². The summed E-state index contributed by atoms with van der Waals surface area (Å²) in [5, 5.41) is 14.1. The van der Waals surface area contributed by atoms with Crippen molar-refractivity contribution in [1.82, 2.24) is 25.1 Å². The zero-order valence-corrected chi connectivity index (χ0v) is 19.3. The van der Waals surface area contributed by atoms with E-state index in [-0.39, 0.29) is 0 Å². The fraction of sp³-hybridized carbons (Fsp3) is 0.192. The first-order valence-corrected chi connectivity index (χ1v) is 12.2. The highest BCUT2D eigenvalue weighted by molar-refractivity contribution is 7.14. The van der Waals surface area contributed by atoms with Crippen LogP contribution < -0.4 is 11.1 Å². The molecule has 0 bridgehead atoms. The van der Waals surface area contributed by atoms with Gasteiger partial charge in [-0.05, 0) is 37.1 Å². The molecule has 0 saturated heterocycles. The topological polar surface area (TPSA) is 102 Å². The lowest BCUT2D eigenvalue weighted by Crippen LogP contribution is -1.98. The quantitative estimate of drug-likeness (QED) is 0.319. The molecule has 1 fully saturated rings. The number of fused-ring (bicyclic) bond motifs is 1. The average Bonchev–Trinajstić information content (AvgIpc) is 3.57. The number of nitrogens with two attached hydrogens (primary N) is 1. The Kier molecular flexibility index (Phi) is 5.35. The minimum absolute atomic E-state index is 0.439. The van der Waals surface area contributed by atoms with Gasteiger partial charge in [-0.15, -0.1) is 10.2 Å². The standard InChI is InChI=1S/C26H23N7S/c27-24-20(26-33-32-25(34-26)17-8-4-5-9-17)13-22-23(31-24)12-19(15-29-22)30-18-10-11-21(28-14-18)16-6-2-1-3-7-16/h1-3,6-7,10-15,17,30H,4-5,8-9H2,(H2,27,31). The van der Waals surface area contributed by atoms with Crippen LogP contribution in [0.4, 0.5) is 17.2 Å². The smallest absolute Gasteiger partial charge is 0.151 e. The number of nitrogens with zero attached hydrogens (tertiary/aromatic N) is 5. The summed E-state index contributed by atoms with van der Waals surface area (Å²) >= 11 is 1.62. The molecule has 4 aromatic heterocycles. The summed E-state index contributed by atoms with van der Waals surface area (Å²) in [5.41, 5.74) is 12.3. The van der Waals surface area contributed by atoms with Crippen LogP contribution in [0.2, 0.25) is 0 Å². The van der Waals surface area contributed by atoms with Crippen LogP contribution in [-0.4, -0.2) is 25.1 Å². The van der Waals surface area contributed by atoms with E-state index >= 15 is 0 Å². The Morgan fingerprint density at radius 2 is 1.68 bits per heavy atom. The third kappa shape index (κ3) is 4.08. The van der Waals surface area contributed by atoms with Gasteiger partial charge in [0, 0.05) is 11.5 Å². The third-order valence-electron chi connectivity index (χ3n) is 6.19. The summed E-state index contributed by atoms with van der Waals surface area (Å²) in [4.78, 5) is 13.8. The van der Waals surface area contributed by atoms with Gasteiger partial charge >= 0.3 is 0 Å². The van der Waals surface area contributed by atoms with Gasteiger partial charge in [-0.25, -0.2) is 4.98 Å². The van der Waals surface area contributed by atoms with Gasteiger partial charge < -0.3 is 11.1 Å². The molecule has 168 valence electrons. The predicted octanol–water partition coefficient (Wildman–Crippen LogP) is 6.19. The van der Waals surface area contributed by atoms with E-state index in [1.807, 2.05) is 60.8 Å². The number of nitrogens with one attached hydrogen (secondary N) is 1. The molecule has 0 aliphatic heterocycles. The van der Waals surface area contributed by atoms with Gasteiger partial charge in [0.15, 0.2) is 5.01 Å². The number of nitrogen functional groups attached to an aromatic ring is 1. The number of aromatic nitrogens is 5. The van der Waals surface area contributed by atoms with Crippen molar-refractivity contribution in [2.75, 3.05) is 11.1 Å². The van der Waals surface area contributed by atoms with Crippen molar-refractivity contribution in [2.45, 2.75) is 31.6 Å². The Labute approximate surface area is 201 Å². The molecule has 0 unspecified atom stereocenters. The van der Waals surface area contributed by atoms with Gasteiger partial charge in [-0.2, -0.15) is 0 Å². The third-order valence-corrected chi connectivity index (χ3v) is 7.31. The Morgan fingerprint density at radius 1 is 0.853 bits per heavy atom. The summed E-state index contributed by atoms with van der Waals surface area (Å²) in [6.07, 6.45) is 8.54. The second-order valence-corrected chi connectivity index (χ2v) is 9.54. The first-order chi connectivity index (χ1) is 16.7. The highest BCUT2D eigenvalue weighted by Gasteiger charge is 2.22. The molecule has 34 heavy (non-hydrogen) atoms. The molecular weight excluding hydrogens is 442 g/mol. The lowest BCUT2D eigenvalue weighted by Gasteiger charge is -2.09. The molecule has 0 atom stereocenters. The molecule has 7 nitrogen and oxygen atoms in total. The number of benzene rings is 1. The van der Waals surface area contributed by atoms with Crippen molar-refractivity contribution < 1.29 is 0 Å². The summed E-state index contributed by atoms with van der Waals surface area (Å²) in [6.45, 7) is 0. The molecule has 0 spiro atoms. The molecule has 8 heteroatoms. The fourth-order valence-corrected chi connectivity index (χ4v) is 5.44. The zero-order chi connectivity index (χ0) is 22.9. The molecule has 0 amide bonds. The van der Waals surface area contributed by atoms with Crippen molar-refractivity contribution in [3.63, 3.8) is 0 Å². The SMILES string of the molecule is Nc1nc2cc(Nc3ccc(-c4ccccc4)nc3)cnc2cc1-c1nnc(C2CCCC2)s1. The van der Waals surface area contributed by atoms with Crippen LogP contribution in [0.1, 0.15) is 36.6 Å². The second-order valence-electron chi connectivity index (χ2n) is 8.53.